The van der Waals surface area contributed by atoms with Crippen LogP contribution < -0.4 is 0 Å². The first kappa shape index (κ1) is 9.72. The average molecular weight is 237 g/mol. The summed E-state index contributed by atoms with van der Waals surface area (Å²) in [5.74, 6) is -0.467. The molecule has 1 rings (SSSR count). The van der Waals surface area contributed by atoms with Crippen molar-refractivity contribution >= 4 is 52.3 Å². The van der Waals surface area contributed by atoms with E-state index < -0.39 is 14.6 Å². The molecule has 0 spiro atoms. The van der Waals surface area contributed by atoms with Crippen molar-refractivity contribution in [1.82, 2.24) is 4.90 Å². The molecule has 2 nitrogen and oxygen atoms in total. The van der Waals surface area contributed by atoms with Crippen LogP contribution in [0.4, 0.5) is 0 Å². The Morgan fingerprint density at radius 3 is 1.91 bits per heavy atom. The first-order valence-electron chi connectivity index (χ1n) is 2.80. The fourth-order valence-corrected chi connectivity index (χ4v) is 1.79. The molecule has 0 aliphatic carbocycles. The minimum absolute atomic E-state index is 0.141. The number of likely N-dealkylation sites (tertiary alicyclic amines) is 1. The van der Waals surface area contributed by atoms with Crippen LogP contribution in [-0.4, -0.2) is 33.1 Å². The summed E-state index contributed by atoms with van der Waals surface area (Å²) in [7, 11) is 1.54. The smallest absolute Gasteiger partial charge is 0.262 e. The highest BCUT2D eigenvalue weighted by atomic mass is 35.5. The van der Waals surface area contributed by atoms with Gasteiger partial charge in [-0.05, 0) is 0 Å². The van der Waals surface area contributed by atoms with Gasteiger partial charge in [0.1, 0.15) is 0 Å². The SMILES string of the molecule is CN1CC(Cl)(Cl)C(Cl)(Cl)C1=O. The Balaban J connectivity index is 3.02. The Hall–Kier alpha value is 0.630. The van der Waals surface area contributed by atoms with Crippen molar-refractivity contribution in [2.45, 2.75) is 8.67 Å². The van der Waals surface area contributed by atoms with E-state index in [1.165, 1.54) is 11.9 Å². The van der Waals surface area contributed by atoms with Crippen molar-refractivity contribution in [2.24, 2.45) is 0 Å². The Kier molecular flexibility index (Phi) is 2.26. The van der Waals surface area contributed by atoms with E-state index in [0.717, 1.165) is 0 Å². The highest BCUT2D eigenvalue weighted by molar-refractivity contribution is 6.69. The molecule has 1 aliphatic heterocycles. The molecule has 6 heteroatoms. The molecular formula is C5H5Cl4NO. The third-order valence-corrected chi connectivity index (χ3v) is 3.67. The molecule has 0 N–H and O–H groups in total. The second-order valence-corrected chi connectivity index (χ2v) is 5.25. The Labute approximate surface area is 84.3 Å². The number of carbonyl (C=O) groups is 1. The van der Waals surface area contributed by atoms with Gasteiger partial charge in [-0.15, -0.1) is 0 Å². The molecule has 0 atom stereocenters. The molecule has 1 saturated heterocycles. The van der Waals surface area contributed by atoms with E-state index in [1.807, 2.05) is 0 Å². The standard InChI is InChI=1S/C5H5Cl4NO/c1-10-2-4(6,7)5(8,9)3(10)11/h2H2,1H3. The predicted octanol–water partition coefficient (Wildman–Crippen LogP) is 1.81. The number of rotatable bonds is 0. The maximum absolute atomic E-state index is 11.1. The van der Waals surface area contributed by atoms with Crippen LogP contribution in [0.15, 0.2) is 0 Å². The molecule has 0 unspecified atom stereocenters. The van der Waals surface area contributed by atoms with Crippen LogP contribution in [0.2, 0.25) is 0 Å². The second-order valence-electron chi connectivity index (χ2n) is 2.44. The highest BCUT2D eigenvalue weighted by Gasteiger charge is 2.60. The van der Waals surface area contributed by atoms with Gasteiger partial charge in [0.05, 0.1) is 6.54 Å². The van der Waals surface area contributed by atoms with Gasteiger partial charge in [0.2, 0.25) is 4.33 Å². The van der Waals surface area contributed by atoms with Gasteiger partial charge in [-0.1, -0.05) is 46.4 Å². The van der Waals surface area contributed by atoms with Gasteiger partial charge in [-0.25, -0.2) is 0 Å². The van der Waals surface area contributed by atoms with E-state index in [4.69, 9.17) is 46.4 Å². The Morgan fingerprint density at radius 1 is 1.36 bits per heavy atom. The van der Waals surface area contributed by atoms with Gasteiger partial charge in [-0.2, -0.15) is 0 Å². The molecule has 1 aliphatic rings. The third kappa shape index (κ3) is 1.31. The van der Waals surface area contributed by atoms with Gasteiger partial charge in [0.15, 0.2) is 4.33 Å². The maximum atomic E-state index is 11.1. The number of carbonyl (C=O) groups excluding carboxylic acids is 1. The summed E-state index contributed by atoms with van der Waals surface area (Å²) in [6.45, 7) is 0.141. The summed E-state index contributed by atoms with van der Waals surface area (Å²) in [5.41, 5.74) is 0. The first-order chi connectivity index (χ1) is 4.79. The zero-order valence-corrected chi connectivity index (χ0v) is 8.60. The van der Waals surface area contributed by atoms with Gasteiger partial charge in [0.25, 0.3) is 5.91 Å². The Morgan fingerprint density at radius 2 is 1.82 bits per heavy atom. The third-order valence-electron chi connectivity index (χ3n) is 1.51. The predicted molar refractivity (Wildman–Crippen MR) is 46.5 cm³/mol. The summed E-state index contributed by atoms with van der Waals surface area (Å²) >= 11 is 22.6. The molecule has 0 bridgehead atoms. The van der Waals surface area contributed by atoms with Crippen LogP contribution >= 0.6 is 46.4 Å². The van der Waals surface area contributed by atoms with E-state index in [-0.39, 0.29) is 6.54 Å². The zero-order valence-electron chi connectivity index (χ0n) is 5.57. The molecule has 1 heterocycles. The summed E-state index contributed by atoms with van der Waals surface area (Å²) in [6.07, 6.45) is 0. The lowest BCUT2D eigenvalue weighted by Gasteiger charge is -2.20. The molecule has 0 aromatic rings. The van der Waals surface area contributed by atoms with Crippen LogP contribution in [0.1, 0.15) is 0 Å². The van der Waals surface area contributed by atoms with Crippen molar-refractivity contribution in [2.75, 3.05) is 13.6 Å². The molecular weight excluding hydrogens is 232 g/mol. The fourth-order valence-electron chi connectivity index (χ4n) is 0.865. The summed E-state index contributed by atoms with van der Waals surface area (Å²) < 4.78 is -3.13. The molecule has 1 amide bonds. The maximum Gasteiger partial charge on any atom is 0.262 e. The van der Waals surface area contributed by atoms with Crippen LogP contribution in [0.3, 0.4) is 0 Å². The highest BCUT2D eigenvalue weighted by Crippen LogP contribution is 2.48. The lowest BCUT2D eigenvalue weighted by molar-refractivity contribution is -0.127. The summed E-state index contributed by atoms with van der Waals surface area (Å²) in [6, 6.07) is 0. The largest absolute Gasteiger partial charge is 0.340 e. The second kappa shape index (κ2) is 2.56. The zero-order chi connectivity index (χ0) is 8.86. The molecule has 0 radical (unpaired) electrons. The lowest BCUT2D eigenvalue weighted by atomic mass is 10.3. The fraction of sp³-hybridized carbons (Fsp3) is 0.800. The van der Waals surface area contributed by atoms with Crippen molar-refractivity contribution in [3.63, 3.8) is 0 Å². The van der Waals surface area contributed by atoms with Crippen LogP contribution in [0.25, 0.3) is 0 Å². The molecule has 11 heavy (non-hydrogen) atoms. The number of hydrogen-bond acceptors (Lipinski definition) is 1. The van der Waals surface area contributed by atoms with Crippen molar-refractivity contribution in [3.05, 3.63) is 0 Å². The van der Waals surface area contributed by atoms with Crippen LogP contribution in [-0.2, 0) is 4.79 Å². The quantitative estimate of drug-likeness (QED) is 0.588. The molecule has 64 valence electrons. The summed E-state index contributed by atoms with van der Waals surface area (Å²) in [5, 5.41) is 0. The van der Waals surface area contributed by atoms with E-state index in [9.17, 15) is 4.79 Å². The van der Waals surface area contributed by atoms with Gasteiger partial charge < -0.3 is 4.90 Å². The first-order valence-corrected chi connectivity index (χ1v) is 4.31. The number of halogens is 4. The van der Waals surface area contributed by atoms with Gasteiger partial charge in [0, 0.05) is 7.05 Å². The summed E-state index contributed by atoms with van der Waals surface area (Å²) in [4.78, 5) is 12.4. The molecule has 0 saturated carbocycles. The van der Waals surface area contributed by atoms with E-state index in [1.54, 1.807) is 0 Å². The van der Waals surface area contributed by atoms with Gasteiger partial charge >= 0.3 is 0 Å². The average Bonchev–Trinajstić information content (AvgIpc) is 1.93. The molecule has 1 fully saturated rings. The molecule has 0 aromatic heterocycles. The van der Waals surface area contributed by atoms with Crippen LogP contribution in [0.5, 0.6) is 0 Å². The Bertz CT molecular complexity index is 203. The molecule has 0 aromatic carbocycles. The normalized spacial score (nSPS) is 27.7. The van der Waals surface area contributed by atoms with Crippen LogP contribution in [0, 0.1) is 0 Å². The minimum atomic E-state index is -1.72. The number of hydrogen-bond donors (Lipinski definition) is 0. The number of alkyl halides is 4. The lowest BCUT2D eigenvalue weighted by Crippen LogP contribution is -2.37. The van der Waals surface area contributed by atoms with E-state index in [2.05, 4.69) is 0 Å². The van der Waals surface area contributed by atoms with Crippen molar-refractivity contribution in [1.29, 1.82) is 0 Å². The topological polar surface area (TPSA) is 20.3 Å². The van der Waals surface area contributed by atoms with Crippen molar-refractivity contribution < 1.29 is 4.79 Å². The van der Waals surface area contributed by atoms with E-state index >= 15 is 0 Å². The van der Waals surface area contributed by atoms with Gasteiger partial charge in [-0.3, -0.25) is 4.79 Å². The van der Waals surface area contributed by atoms with Crippen molar-refractivity contribution in [3.8, 4) is 0 Å². The van der Waals surface area contributed by atoms with E-state index in [0.29, 0.717) is 0 Å². The minimum Gasteiger partial charge on any atom is -0.340 e. The number of amides is 1. The monoisotopic (exact) mass is 235 g/mol. The number of nitrogens with zero attached hydrogens (tertiary/aromatic N) is 1.